The molecule has 3 rings (SSSR count). The quantitative estimate of drug-likeness (QED) is 0.297. The molecule has 2 N–H and O–H groups in total. The molecule has 0 aliphatic heterocycles. The highest BCUT2D eigenvalue weighted by molar-refractivity contribution is 7.99. The number of thioether (sulfide) groups is 1. The lowest BCUT2D eigenvalue weighted by molar-refractivity contribution is -0.116. The highest BCUT2D eigenvalue weighted by Crippen LogP contribution is 2.28. The summed E-state index contributed by atoms with van der Waals surface area (Å²) in [4.78, 5) is 24.6. The van der Waals surface area contributed by atoms with Crippen LogP contribution in [0, 0.1) is 0 Å². The molecule has 0 fully saturated rings. The third-order valence-electron chi connectivity index (χ3n) is 5.37. The highest BCUT2D eigenvalue weighted by atomic mass is 32.2. The molecule has 0 aliphatic carbocycles. The fourth-order valence-electron chi connectivity index (χ4n) is 3.26. The number of carbonyl (C=O) groups excluding carboxylic acids is 2. The van der Waals surface area contributed by atoms with Crippen molar-refractivity contribution in [2.75, 3.05) is 25.3 Å². The van der Waals surface area contributed by atoms with Crippen LogP contribution in [0.25, 0.3) is 6.08 Å². The first-order valence-electron chi connectivity index (χ1n) is 11.4. The molecule has 36 heavy (non-hydrogen) atoms. The molecule has 0 saturated carbocycles. The molecule has 2 amide bonds. The van der Waals surface area contributed by atoms with E-state index < -0.39 is 0 Å². The van der Waals surface area contributed by atoms with E-state index >= 15 is 0 Å². The normalized spacial score (nSPS) is 11.1. The minimum absolute atomic E-state index is 0.129. The van der Waals surface area contributed by atoms with Crippen LogP contribution in [-0.2, 0) is 23.2 Å². The van der Waals surface area contributed by atoms with E-state index in [4.69, 9.17) is 9.47 Å². The van der Waals surface area contributed by atoms with E-state index in [1.54, 1.807) is 44.0 Å². The molecular weight excluding hydrogens is 478 g/mol. The topological polar surface area (TPSA) is 107 Å². The molecule has 10 heteroatoms. The molecule has 0 radical (unpaired) electrons. The van der Waals surface area contributed by atoms with Gasteiger partial charge in [0.1, 0.15) is 0 Å². The van der Waals surface area contributed by atoms with Crippen molar-refractivity contribution in [3.8, 4) is 11.5 Å². The SMILES string of the molecule is COc1ccc(/C=C/C(=O)NCc2nnc(SCC(=O)Nc3ccc(C(C)C)cc3)n2C)cc1OC. The zero-order chi connectivity index (χ0) is 26.1. The van der Waals surface area contributed by atoms with E-state index in [9.17, 15) is 9.59 Å². The summed E-state index contributed by atoms with van der Waals surface area (Å²) in [5.41, 5.74) is 2.78. The number of ether oxygens (including phenoxy) is 2. The van der Waals surface area contributed by atoms with Crippen LogP contribution in [0.3, 0.4) is 0 Å². The van der Waals surface area contributed by atoms with Crippen LogP contribution in [0.4, 0.5) is 5.69 Å². The van der Waals surface area contributed by atoms with Crippen LogP contribution in [0.15, 0.2) is 53.7 Å². The molecular formula is C26H31N5O4S. The summed E-state index contributed by atoms with van der Waals surface area (Å²) in [7, 11) is 4.92. The lowest BCUT2D eigenvalue weighted by Crippen LogP contribution is -2.22. The number of nitrogens with zero attached hydrogens (tertiary/aromatic N) is 3. The van der Waals surface area contributed by atoms with Crippen LogP contribution >= 0.6 is 11.8 Å². The van der Waals surface area contributed by atoms with Gasteiger partial charge in [0.25, 0.3) is 0 Å². The molecule has 9 nitrogen and oxygen atoms in total. The van der Waals surface area contributed by atoms with Gasteiger partial charge in [-0.1, -0.05) is 43.8 Å². The Kier molecular flexibility index (Phi) is 9.52. The van der Waals surface area contributed by atoms with Crippen LogP contribution < -0.4 is 20.1 Å². The molecule has 0 atom stereocenters. The van der Waals surface area contributed by atoms with Crippen LogP contribution in [0.2, 0.25) is 0 Å². The highest BCUT2D eigenvalue weighted by Gasteiger charge is 2.12. The second kappa shape index (κ2) is 12.8. The average Bonchev–Trinajstić information content (AvgIpc) is 3.24. The Morgan fingerprint density at radius 1 is 1.06 bits per heavy atom. The van der Waals surface area contributed by atoms with E-state index in [1.807, 2.05) is 30.3 Å². The van der Waals surface area contributed by atoms with Gasteiger partial charge in [-0.15, -0.1) is 10.2 Å². The summed E-state index contributed by atoms with van der Waals surface area (Å²) in [6.07, 6.45) is 3.12. The number of benzene rings is 2. The van der Waals surface area contributed by atoms with Gasteiger partial charge in [-0.25, -0.2) is 0 Å². The zero-order valence-electron chi connectivity index (χ0n) is 21.1. The van der Waals surface area contributed by atoms with E-state index in [-0.39, 0.29) is 24.1 Å². The molecule has 190 valence electrons. The Labute approximate surface area is 215 Å². The van der Waals surface area contributed by atoms with E-state index in [0.29, 0.717) is 28.4 Å². The van der Waals surface area contributed by atoms with Crippen molar-refractivity contribution in [1.82, 2.24) is 20.1 Å². The Bertz CT molecular complexity index is 1220. The van der Waals surface area contributed by atoms with Crippen molar-refractivity contribution in [2.45, 2.75) is 31.5 Å². The van der Waals surface area contributed by atoms with Crippen LogP contribution in [0.1, 0.15) is 36.7 Å². The van der Waals surface area contributed by atoms with Gasteiger partial charge >= 0.3 is 0 Å². The predicted molar refractivity (Wildman–Crippen MR) is 141 cm³/mol. The smallest absolute Gasteiger partial charge is 0.244 e. The van der Waals surface area contributed by atoms with Crippen molar-refractivity contribution >= 4 is 35.3 Å². The number of aromatic nitrogens is 3. The predicted octanol–water partition coefficient (Wildman–Crippen LogP) is 4.02. The number of methoxy groups -OCH3 is 2. The number of nitrogens with one attached hydrogen (secondary N) is 2. The fraction of sp³-hybridized carbons (Fsp3) is 0.308. The van der Waals surface area contributed by atoms with Gasteiger partial charge in [-0.3, -0.25) is 9.59 Å². The van der Waals surface area contributed by atoms with Gasteiger partial charge in [0.05, 0.1) is 26.5 Å². The number of anilines is 1. The van der Waals surface area contributed by atoms with E-state index in [2.05, 4.69) is 34.7 Å². The zero-order valence-corrected chi connectivity index (χ0v) is 21.9. The Hall–Kier alpha value is -3.79. The fourth-order valence-corrected chi connectivity index (χ4v) is 3.99. The summed E-state index contributed by atoms with van der Waals surface area (Å²) < 4.78 is 12.3. The molecule has 0 spiro atoms. The van der Waals surface area contributed by atoms with Crippen molar-refractivity contribution < 1.29 is 19.1 Å². The minimum Gasteiger partial charge on any atom is -0.493 e. The Morgan fingerprint density at radius 3 is 2.44 bits per heavy atom. The first-order chi connectivity index (χ1) is 17.3. The number of rotatable bonds is 11. The van der Waals surface area contributed by atoms with Crippen molar-refractivity contribution in [2.24, 2.45) is 7.05 Å². The first-order valence-corrected chi connectivity index (χ1v) is 12.4. The summed E-state index contributed by atoms with van der Waals surface area (Å²) in [6, 6.07) is 13.2. The Morgan fingerprint density at radius 2 is 1.78 bits per heavy atom. The minimum atomic E-state index is -0.273. The second-order valence-corrected chi connectivity index (χ2v) is 9.18. The van der Waals surface area contributed by atoms with Gasteiger partial charge in [0.15, 0.2) is 22.5 Å². The summed E-state index contributed by atoms with van der Waals surface area (Å²) in [6.45, 7) is 4.46. The Balaban J connectivity index is 1.48. The lowest BCUT2D eigenvalue weighted by Gasteiger charge is -2.08. The van der Waals surface area contributed by atoms with Crippen molar-refractivity contribution in [3.63, 3.8) is 0 Å². The number of amides is 2. The van der Waals surface area contributed by atoms with E-state index in [1.165, 1.54) is 23.4 Å². The number of hydrogen-bond donors (Lipinski definition) is 2. The number of carbonyl (C=O) groups is 2. The summed E-state index contributed by atoms with van der Waals surface area (Å²) in [5, 5.41) is 14.5. The molecule has 1 aromatic heterocycles. The second-order valence-electron chi connectivity index (χ2n) is 8.24. The van der Waals surface area contributed by atoms with Gasteiger partial charge in [-0.05, 0) is 47.4 Å². The van der Waals surface area contributed by atoms with Gasteiger partial charge in [0, 0.05) is 18.8 Å². The molecule has 0 aliphatic rings. The van der Waals surface area contributed by atoms with Crippen LogP contribution in [0.5, 0.6) is 11.5 Å². The van der Waals surface area contributed by atoms with Crippen molar-refractivity contribution in [1.29, 1.82) is 0 Å². The molecule has 0 unspecified atom stereocenters. The van der Waals surface area contributed by atoms with Gasteiger partial charge in [-0.2, -0.15) is 0 Å². The van der Waals surface area contributed by atoms with Gasteiger partial charge < -0.3 is 24.7 Å². The van der Waals surface area contributed by atoms with Gasteiger partial charge in [0.2, 0.25) is 11.8 Å². The molecule has 0 saturated heterocycles. The third-order valence-corrected chi connectivity index (χ3v) is 6.39. The van der Waals surface area contributed by atoms with Crippen molar-refractivity contribution in [3.05, 3.63) is 65.5 Å². The average molecular weight is 510 g/mol. The molecule has 1 heterocycles. The monoisotopic (exact) mass is 509 g/mol. The summed E-state index contributed by atoms with van der Waals surface area (Å²) in [5.74, 6) is 2.01. The lowest BCUT2D eigenvalue weighted by atomic mass is 10.0. The largest absolute Gasteiger partial charge is 0.493 e. The standard InChI is InChI=1S/C26H31N5O4S/c1-17(2)19-8-10-20(11-9-19)28-25(33)16-36-26-30-29-23(31(26)3)15-27-24(32)13-7-18-6-12-21(34-4)22(14-18)35-5/h6-14,17H,15-16H2,1-5H3,(H,27,32)(H,28,33)/b13-7+. The van der Waals surface area contributed by atoms with E-state index in [0.717, 1.165) is 11.3 Å². The molecule has 0 bridgehead atoms. The first kappa shape index (κ1) is 26.8. The molecule has 2 aromatic carbocycles. The third kappa shape index (κ3) is 7.35. The van der Waals surface area contributed by atoms with Crippen LogP contribution in [-0.4, -0.2) is 46.6 Å². The summed E-state index contributed by atoms with van der Waals surface area (Å²) >= 11 is 1.28. The maximum atomic E-state index is 12.3. The molecule has 3 aromatic rings. The number of hydrogen-bond acceptors (Lipinski definition) is 7. The maximum Gasteiger partial charge on any atom is 0.244 e. The maximum absolute atomic E-state index is 12.3.